The fourth-order valence-electron chi connectivity index (χ4n) is 3.45. The van der Waals surface area contributed by atoms with Crippen molar-refractivity contribution >= 4 is 5.97 Å². The second kappa shape index (κ2) is 7.25. The molecule has 2 rings (SSSR count). The van der Waals surface area contributed by atoms with Crippen molar-refractivity contribution in [3.8, 4) is 0 Å². The monoisotopic (exact) mass is 269 g/mol. The minimum Gasteiger partial charge on any atom is -0.466 e. The summed E-state index contributed by atoms with van der Waals surface area (Å²) in [4.78, 5) is 11.8. The number of hydrogen-bond donors (Lipinski definition) is 1. The van der Waals surface area contributed by atoms with Gasteiger partial charge in [-0.2, -0.15) is 0 Å². The number of nitrogens with one attached hydrogen (secondary N) is 1. The first kappa shape index (κ1) is 14.8. The summed E-state index contributed by atoms with van der Waals surface area (Å²) >= 11 is 0. The number of hydrogen-bond acceptors (Lipinski definition) is 4. The Bertz CT molecular complexity index is 295. The average molecular weight is 269 g/mol. The standard InChI is InChI=1S/C15H27NO3/c1-3-19-15(17)11-5-4-6-12(9-11)16-13-7-8-14(10-13)18-2/h11-14,16H,3-10H2,1-2H3. The minimum atomic E-state index is -0.00445. The first-order valence-electron chi connectivity index (χ1n) is 7.68. The van der Waals surface area contributed by atoms with E-state index in [9.17, 15) is 4.79 Å². The highest BCUT2D eigenvalue weighted by atomic mass is 16.5. The van der Waals surface area contributed by atoms with E-state index >= 15 is 0 Å². The van der Waals surface area contributed by atoms with Gasteiger partial charge in [0.05, 0.1) is 18.6 Å². The molecule has 0 bridgehead atoms. The SMILES string of the molecule is CCOC(=O)C1CCCC(NC2CCC(OC)C2)C1. The van der Waals surface area contributed by atoms with Crippen molar-refractivity contribution in [3.63, 3.8) is 0 Å². The van der Waals surface area contributed by atoms with Gasteiger partial charge in [0.1, 0.15) is 0 Å². The van der Waals surface area contributed by atoms with Crippen molar-refractivity contribution in [2.45, 2.75) is 70.1 Å². The van der Waals surface area contributed by atoms with Crippen LogP contribution in [-0.2, 0) is 14.3 Å². The first-order valence-corrected chi connectivity index (χ1v) is 7.68. The Hall–Kier alpha value is -0.610. The quantitative estimate of drug-likeness (QED) is 0.778. The summed E-state index contributed by atoms with van der Waals surface area (Å²) in [6, 6.07) is 1.04. The Morgan fingerprint density at radius 1 is 1.16 bits per heavy atom. The van der Waals surface area contributed by atoms with Crippen LogP contribution in [0.2, 0.25) is 0 Å². The fourth-order valence-corrected chi connectivity index (χ4v) is 3.45. The van der Waals surface area contributed by atoms with Gasteiger partial charge in [-0.05, 0) is 45.4 Å². The third-order valence-electron chi connectivity index (χ3n) is 4.48. The number of rotatable bonds is 5. The number of carbonyl (C=O) groups excluding carboxylic acids is 1. The number of carbonyl (C=O) groups is 1. The normalized spacial score (nSPS) is 35.3. The van der Waals surface area contributed by atoms with Crippen LogP contribution in [-0.4, -0.2) is 37.9 Å². The molecule has 4 nitrogen and oxygen atoms in total. The number of methoxy groups -OCH3 is 1. The van der Waals surface area contributed by atoms with Gasteiger partial charge in [-0.1, -0.05) is 6.42 Å². The van der Waals surface area contributed by atoms with Gasteiger partial charge in [0, 0.05) is 19.2 Å². The molecule has 4 unspecified atom stereocenters. The molecule has 0 aromatic rings. The second-order valence-electron chi connectivity index (χ2n) is 5.85. The molecule has 110 valence electrons. The molecule has 19 heavy (non-hydrogen) atoms. The van der Waals surface area contributed by atoms with Crippen molar-refractivity contribution < 1.29 is 14.3 Å². The van der Waals surface area contributed by atoms with E-state index in [1.165, 1.54) is 12.8 Å². The topological polar surface area (TPSA) is 47.6 Å². The van der Waals surface area contributed by atoms with E-state index in [-0.39, 0.29) is 11.9 Å². The highest BCUT2D eigenvalue weighted by Crippen LogP contribution is 2.28. The summed E-state index contributed by atoms with van der Waals surface area (Å²) in [5.74, 6) is 0.0982. The van der Waals surface area contributed by atoms with Crippen molar-refractivity contribution in [2.75, 3.05) is 13.7 Å². The summed E-state index contributed by atoms with van der Waals surface area (Å²) < 4.78 is 10.6. The van der Waals surface area contributed by atoms with Gasteiger partial charge in [0.2, 0.25) is 0 Å². The van der Waals surface area contributed by atoms with E-state index in [4.69, 9.17) is 9.47 Å². The highest BCUT2D eigenvalue weighted by molar-refractivity contribution is 5.72. The van der Waals surface area contributed by atoms with Crippen LogP contribution in [0.3, 0.4) is 0 Å². The lowest BCUT2D eigenvalue weighted by Crippen LogP contribution is -2.41. The van der Waals surface area contributed by atoms with Crippen LogP contribution in [0.1, 0.15) is 51.9 Å². The third kappa shape index (κ3) is 4.18. The molecule has 0 aromatic carbocycles. The lowest BCUT2D eigenvalue weighted by molar-refractivity contribution is -0.149. The zero-order valence-corrected chi connectivity index (χ0v) is 12.2. The minimum absolute atomic E-state index is 0.00445. The first-order chi connectivity index (χ1) is 9.22. The molecule has 2 saturated carbocycles. The van der Waals surface area contributed by atoms with Crippen LogP contribution < -0.4 is 5.32 Å². The summed E-state index contributed by atoms with van der Waals surface area (Å²) in [6.07, 6.45) is 8.11. The van der Waals surface area contributed by atoms with Crippen LogP contribution in [0.25, 0.3) is 0 Å². The van der Waals surface area contributed by atoms with Crippen LogP contribution >= 0.6 is 0 Å². The molecule has 0 saturated heterocycles. The van der Waals surface area contributed by atoms with Crippen molar-refractivity contribution in [1.29, 1.82) is 0 Å². The molecule has 4 atom stereocenters. The van der Waals surface area contributed by atoms with E-state index in [0.717, 1.165) is 32.1 Å². The van der Waals surface area contributed by atoms with Gasteiger partial charge in [0.25, 0.3) is 0 Å². The Labute approximate surface area is 116 Å². The molecule has 0 amide bonds. The Kier molecular flexibility index (Phi) is 5.64. The molecule has 0 heterocycles. The van der Waals surface area contributed by atoms with Gasteiger partial charge < -0.3 is 14.8 Å². The smallest absolute Gasteiger partial charge is 0.308 e. The Morgan fingerprint density at radius 2 is 1.95 bits per heavy atom. The molecule has 0 radical (unpaired) electrons. The van der Waals surface area contributed by atoms with Gasteiger partial charge in [-0.3, -0.25) is 4.79 Å². The van der Waals surface area contributed by atoms with Gasteiger partial charge >= 0.3 is 5.97 Å². The lowest BCUT2D eigenvalue weighted by Gasteiger charge is -2.30. The molecule has 2 fully saturated rings. The average Bonchev–Trinajstić information content (AvgIpc) is 2.87. The van der Waals surface area contributed by atoms with Gasteiger partial charge in [0.15, 0.2) is 0 Å². The Balaban J connectivity index is 1.76. The molecule has 0 spiro atoms. The zero-order valence-electron chi connectivity index (χ0n) is 12.2. The molecule has 2 aliphatic carbocycles. The molecule has 1 N–H and O–H groups in total. The van der Waals surface area contributed by atoms with E-state index in [0.29, 0.717) is 24.8 Å². The van der Waals surface area contributed by atoms with Crippen LogP contribution in [0.15, 0.2) is 0 Å². The second-order valence-corrected chi connectivity index (χ2v) is 5.85. The maximum absolute atomic E-state index is 11.8. The van der Waals surface area contributed by atoms with Gasteiger partial charge in [-0.25, -0.2) is 0 Å². The van der Waals surface area contributed by atoms with E-state index in [2.05, 4.69) is 5.32 Å². The van der Waals surface area contributed by atoms with Crippen LogP contribution in [0.4, 0.5) is 0 Å². The van der Waals surface area contributed by atoms with E-state index in [1.807, 2.05) is 6.92 Å². The van der Waals surface area contributed by atoms with Crippen LogP contribution in [0, 0.1) is 5.92 Å². The number of ether oxygens (including phenoxy) is 2. The molecule has 0 aromatic heterocycles. The number of esters is 1. The summed E-state index contributed by atoms with van der Waals surface area (Å²) in [5, 5.41) is 3.72. The summed E-state index contributed by atoms with van der Waals surface area (Å²) in [7, 11) is 1.80. The lowest BCUT2D eigenvalue weighted by atomic mass is 9.85. The molecule has 0 aliphatic heterocycles. The maximum atomic E-state index is 11.8. The predicted molar refractivity (Wildman–Crippen MR) is 74.0 cm³/mol. The van der Waals surface area contributed by atoms with Crippen molar-refractivity contribution in [2.24, 2.45) is 5.92 Å². The molecular weight excluding hydrogens is 242 g/mol. The maximum Gasteiger partial charge on any atom is 0.308 e. The molecule has 4 heteroatoms. The molecule has 2 aliphatic rings. The predicted octanol–water partition coefficient (Wildman–Crippen LogP) is 2.27. The van der Waals surface area contributed by atoms with Crippen molar-refractivity contribution in [3.05, 3.63) is 0 Å². The van der Waals surface area contributed by atoms with Gasteiger partial charge in [-0.15, -0.1) is 0 Å². The van der Waals surface area contributed by atoms with Crippen LogP contribution in [0.5, 0.6) is 0 Å². The largest absolute Gasteiger partial charge is 0.466 e. The van der Waals surface area contributed by atoms with E-state index < -0.39 is 0 Å². The Morgan fingerprint density at radius 3 is 2.63 bits per heavy atom. The summed E-state index contributed by atoms with van der Waals surface area (Å²) in [5.41, 5.74) is 0. The van der Waals surface area contributed by atoms with Crippen molar-refractivity contribution in [1.82, 2.24) is 5.32 Å². The molecular formula is C15H27NO3. The summed E-state index contributed by atoms with van der Waals surface area (Å²) in [6.45, 7) is 2.37. The van der Waals surface area contributed by atoms with E-state index in [1.54, 1.807) is 7.11 Å². The zero-order chi connectivity index (χ0) is 13.7. The highest BCUT2D eigenvalue weighted by Gasteiger charge is 2.31. The third-order valence-corrected chi connectivity index (χ3v) is 4.48. The fraction of sp³-hybridized carbons (Fsp3) is 0.933.